The van der Waals surface area contributed by atoms with E-state index < -0.39 is 17.8 Å². The molecule has 0 heterocycles. The number of nitrogens with one attached hydrogen (secondary N) is 1. The molecule has 0 radical (unpaired) electrons. The van der Waals surface area contributed by atoms with Crippen LogP contribution in [-0.4, -0.2) is 23.5 Å². The van der Waals surface area contributed by atoms with Crippen molar-refractivity contribution < 1.29 is 14.7 Å². The molecular weight excluding hydrogens is 182 g/mol. The van der Waals surface area contributed by atoms with Gasteiger partial charge in [0.25, 0.3) is 0 Å². The van der Waals surface area contributed by atoms with Crippen LogP contribution in [0.4, 0.5) is 0 Å². The van der Waals surface area contributed by atoms with E-state index in [1.807, 2.05) is 19.1 Å². The maximum absolute atomic E-state index is 11.5. The van der Waals surface area contributed by atoms with Crippen molar-refractivity contribution in [3.05, 3.63) is 12.2 Å². The highest BCUT2D eigenvalue weighted by Gasteiger charge is 2.33. The largest absolute Gasteiger partial charge is 0.481 e. The van der Waals surface area contributed by atoms with Crippen LogP contribution in [0.3, 0.4) is 0 Å². The molecule has 1 aliphatic carbocycles. The van der Waals surface area contributed by atoms with Crippen LogP contribution in [-0.2, 0) is 9.59 Å². The van der Waals surface area contributed by atoms with Gasteiger partial charge in [-0.05, 0) is 19.8 Å². The Bertz CT molecular complexity index is 260. The van der Waals surface area contributed by atoms with Gasteiger partial charge in [0.1, 0.15) is 0 Å². The molecule has 0 aromatic carbocycles. The van der Waals surface area contributed by atoms with Crippen LogP contribution in [0.1, 0.15) is 19.8 Å². The molecule has 78 valence electrons. The highest BCUT2D eigenvalue weighted by Crippen LogP contribution is 2.25. The molecule has 0 bridgehead atoms. The highest BCUT2D eigenvalue weighted by atomic mass is 16.4. The van der Waals surface area contributed by atoms with Crippen molar-refractivity contribution in [2.45, 2.75) is 19.8 Å². The maximum Gasteiger partial charge on any atom is 0.307 e. The zero-order chi connectivity index (χ0) is 10.6. The van der Waals surface area contributed by atoms with Gasteiger partial charge in [0.2, 0.25) is 5.91 Å². The van der Waals surface area contributed by atoms with E-state index in [0.717, 1.165) is 0 Å². The molecule has 2 atom stereocenters. The molecule has 1 amide bonds. The van der Waals surface area contributed by atoms with E-state index in [9.17, 15) is 9.59 Å². The molecule has 0 saturated heterocycles. The zero-order valence-corrected chi connectivity index (χ0v) is 8.19. The lowest BCUT2D eigenvalue weighted by molar-refractivity contribution is -0.147. The number of amides is 1. The van der Waals surface area contributed by atoms with Crippen molar-refractivity contribution in [2.75, 3.05) is 6.54 Å². The second kappa shape index (κ2) is 4.79. The van der Waals surface area contributed by atoms with Crippen LogP contribution in [0.2, 0.25) is 0 Å². The smallest absolute Gasteiger partial charge is 0.307 e. The van der Waals surface area contributed by atoms with E-state index in [0.29, 0.717) is 19.4 Å². The van der Waals surface area contributed by atoms with Gasteiger partial charge >= 0.3 is 5.97 Å². The number of carbonyl (C=O) groups excluding carboxylic acids is 1. The number of hydrogen-bond donors (Lipinski definition) is 2. The fourth-order valence-corrected chi connectivity index (χ4v) is 1.68. The van der Waals surface area contributed by atoms with Crippen LogP contribution in [0, 0.1) is 11.8 Å². The van der Waals surface area contributed by atoms with Crippen LogP contribution in [0.5, 0.6) is 0 Å². The average Bonchev–Trinajstić information content (AvgIpc) is 2.18. The van der Waals surface area contributed by atoms with Crippen molar-refractivity contribution in [3.8, 4) is 0 Å². The average molecular weight is 197 g/mol. The van der Waals surface area contributed by atoms with Crippen LogP contribution >= 0.6 is 0 Å². The third-order valence-electron chi connectivity index (χ3n) is 2.44. The Labute approximate surface area is 83.0 Å². The van der Waals surface area contributed by atoms with Crippen molar-refractivity contribution in [3.63, 3.8) is 0 Å². The molecular formula is C10H15NO3. The second-order valence-electron chi connectivity index (χ2n) is 3.39. The van der Waals surface area contributed by atoms with Crippen molar-refractivity contribution in [1.29, 1.82) is 0 Å². The molecule has 0 fully saturated rings. The molecule has 1 aliphatic rings. The minimum atomic E-state index is -0.884. The Kier molecular flexibility index (Phi) is 3.68. The third kappa shape index (κ3) is 2.34. The summed E-state index contributed by atoms with van der Waals surface area (Å²) in [7, 11) is 0. The van der Waals surface area contributed by atoms with E-state index in [-0.39, 0.29) is 5.91 Å². The van der Waals surface area contributed by atoms with E-state index in [2.05, 4.69) is 5.32 Å². The van der Waals surface area contributed by atoms with Gasteiger partial charge in [-0.15, -0.1) is 0 Å². The van der Waals surface area contributed by atoms with Crippen LogP contribution in [0.15, 0.2) is 12.2 Å². The van der Waals surface area contributed by atoms with Crippen LogP contribution in [0.25, 0.3) is 0 Å². The Morgan fingerprint density at radius 2 is 1.93 bits per heavy atom. The van der Waals surface area contributed by atoms with E-state index in [4.69, 9.17) is 5.11 Å². The first kappa shape index (κ1) is 10.8. The standard InChI is InChI=1S/C10H15NO3/c1-2-11-9(12)7-5-3-4-6-8(7)10(13)14/h3-4,7-8H,2,5-6H2,1H3,(H,11,12)(H,13,14)/t7-,8+/m1/s1. The maximum atomic E-state index is 11.5. The molecule has 2 N–H and O–H groups in total. The fourth-order valence-electron chi connectivity index (χ4n) is 1.68. The molecule has 0 aliphatic heterocycles. The van der Waals surface area contributed by atoms with Gasteiger partial charge in [0.05, 0.1) is 11.8 Å². The van der Waals surface area contributed by atoms with Crippen LogP contribution < -0.4 is 5.32 Å². The van der Waals surface area contributed by atoms with E-state index >= 15 is 0 Å². The second-order valence-corrected chi connectivity index (χ2v) is 3.39. The van der Waals surface area contributed by atoms with Crippen molar-refractivity contribution >= 4 is 11.9 Å². The van der Waals surface area contributed by atoms with Gasteiger partial charge < -0.3 is 10.4 Å². The number of carbonyl (C=O) groups is 2. The zero-order valence-electron chi connectivity index (χ0n) is 8.19. The summed E-state index contributed by atoms with van der Waals surface area (Å²) in [5.74, 6) is -2.00. The Balaban J connectivity index is 2.69. The van der Waals surface area contributed by atoms with Gasteiger partial charge in [-0.1, -0.05) is 12.2 Å². The predicted molar refractivity (Wildman–Crippen MR) is 51.7 cm³/mol. The van der Waals surface area contributed by atoms with E-state index in [1.165, 1.54) is 0 Å². The van der Waals surface area contributed by atoms with Gasteiger partial charge in [-0.2, -0.15) is 0 Å². The van der Waals surface area contributed by atoms with Crippen molar-refractivity contribution in [2.24, 2.45) is 11.8 Å². The Morgan fingerprint density at radius 1 is 1.36 bits per heavy atom. The number of hydrogen-bond acceptors (Lipinski definition) is 2. The lowest BCUT2D eigenvalue weighted by atomic mass is 9.82. The molecule has 0 aromatic heterocycles. The molecule has 0 spiro atoms. The summed E-state index contributed by atoms with van der Waals surface area (Å²) < 4.78 is 0. The summed E-state index contributed by atoms with van der Waals surface area (Å²) in [6.07, 6.45) is 4.69. The summed E-state index contributed by atoms with van der Waals surface area (Å²) in [4.78, 5) is 22.4. The summed E-state index contributed by atoms with van der Waals surface area (Å²) in [5.41, 5.74) is 0. The fraction of sp³-hybridized carbons (Fsp3) is 0.600. The van der Waals surface area contributed by atoms with E-state index in [1.54, 1.807) is 0 Å². The first-order valence-corrected chi connectivity index (χ1v) is 4.82. The van der Waals surface area contributed by atoms with Gasteiger partial charge in [-0.3, -0.25) is 9.59 Å². The molecule has 4 nitrogen and oxygen atoms in total. The van der Waals surface area contributed by atoms with Gasteiger partial charge in [0, 0.05) is 6.54 Å². The highest BCUT2D eigenvalue weighted by molar-refractivity contribution is 5.85. The number of allylic oxidation sites excluding steroid dienone is 2. The Hall–Kier alpha value is -1.32. The lowest BCUT2D eigenvalue weighted by Crippen LogP contribution is -2.38. The number of aliphatic carboxylic acids is 1. The molecule has 1 rings (SSSR count). The summed E-state index contributed by atoms with van der Waals surface area (Å²) in [6, 6.07) is 0. The first-order valence-electron chi connectivity index (χ1n) is 4.82. The number of carboxylic acid groups (broad SMARTS) is 1. The molecule has 0 aromatic rings. The van der Waals surface area contributed by atoms with Gasteiger partial charge in [-0.25, -0.2) is 0 Å². The first-order chi connectivity index (χ1) is 6.66. The normalized spacial score (nSPS) is 25.8. The SMILES string of the molecule is CCNC(=O)[C@@H]1CC=CC[C@@H]1C(=O)O. The quantitative estimate of drug-likeness (QED) is 0.657. The monoisotopic (exact) mass is 197 g/mol. The molecule has 4 heteroatoms. The molecule has 14 heavy (non-hydrogen) atoms. The number of carboxylic acids is 1. The minimum absolute atomic E-state index is 0.149. The molecule has 0 unspecified atom stereocenters. The predicted octanol–water partition coefficient (Wildman–Crippen LogP) is 0.790. The third-order valence-corrected chi connectivity index (χ3v) is 2.44. The Morgan fingerprint density at radius 3 is 2.43 bits per heavy atom. The minimum Gasteiger partial charge on any atom is -0.481 e. The summed E-state index contributed by atoms with van der Waals surface area (Å²) in [5, 5.41) is 11.6. The lowest BCUT2D eigenvalue weighted by Gasteiger charge is -2.23. The van der Waals surface area contributed by atoms with Gasteiger partial charge in [0.15, 0.2) is 0 Å². The summed E-state index contributed by atoms with van der Waals surface area (Å²) >= 11 is 0. The topological polar surface area (TPSA) is 66.4 Å². The van der Waals surface area contributed by atoms with Crippen molar-refractivity contribution in [1.82, 2.24) is 5.32 Å². The molecule has 0 saturated carbocycles. The summed E-state index contributed by atoms with van der Waals surface area (Å²) in [6.45, 7) is 2.37. The number of rotatable bonds is 3.